The lowest BCUT2D eigenvalue weighted by Crippen LogP contribution is -2.45. The first-order chi connectivity index (χ1) is 9.31. The van der Waals surface area contributed by atoms with Crippen LogP contribution in [0.15, 0.2) is 29.2 Å². The molecule has 1 aliphatic rings. The van der Waals surface area contributed by atoms with Crippen LogP contribution < -0.4 is 9.86 Å². The van der Waals surface area contributed by atoms with Crippen molar-refractivity contribution in [3.05, 3.63) is 24.3 Å². The minimum atomic E-state index is -4.12. The Labute approximate surface area is 119 Å². The molecule has 0 bridgehead atoms. The third-order valence-electron chi connectivity index (χ3n) is 3.06. The highest BCUT2D eigenvalue weighted by Gasteiger charge is 2.29. The molecule has 0 atom stereocenters. The third kappa shape index (κ3) is 3.48. The number of rotatable bonds is 4. The lowest BCUT2D eigenvalue weighted by atomic mass is 10.2. The van der Waals surface area contributed by atoms with Gasteiger partial charge in [0, 0.05) is 18.8 Å². The van der Waals surface area contributed by atoms with Crippen LogP contribution in [0.2, 0.25) is 0 Å². The summed E-state index contributed by atoms with van der Waals surface area (Å²) in [6.07, 6.45) is 2.43. The van der Waals surface area contributed by atoms with Crippen molar-refractivity contribution in [2.75, 3.05) is 18.8 Å². The van der Waals surface area contributed by atoms with Crippen molar-refractivity contribution in [3.63, 3.8) is 0 Å². The van der Waals surface area contributed by atoms with Gasteiger partial charge in [0.25, 0.3) is 20.2 Å². The van der Waals surface area contributed by atoms with E-state index >= 15 is 0 Å². The smallest absolute Gasteiger partial charge is 0.292 e. The van der Waals surface area contributed by atoms with Gasteiger partial charge in [-0.05, 0) is 37.1 Å². The largest absolute Gasteiger partial charge is 0.399 e. The van der Waals surface area contributed by atoms with E-state index in [2.05, 4.69) is 0 Å². The Hall–Kier alpha value is -1.16. The quantitative estimate of drug-likeness (QED) is 0.775. The van der Waals surface area contributed by atoms with E-state index in [-0.39, 0.29) is 4.90 Å². The van der Waals surface area contributed by atoms with Gasteiger partial charge in [0.1, 0.15) is 0 Å². The number of sulfonamides is 1. The van der Waals surface area contributed by atoms with E-state index in [0.29, 0.717) is 18.8 Å². The second-order valence-corrected chi connectivity index (χ2v) is 8.23. The van der Waals surface area contributed by atoms with Crippen LogP contribution in [0.5, 0.6) is 0 Å². The molecule has 0 spiro atoms. The van der Waals surface area contributed by atoms with Gasteiger partial charge in [-0.15, -0.1) is 0 Å². The van der Waals surface area contributed by atoms with E-state index in [0.717, 1.165) is 23.6 Å². The average Bonchev–Trinajstić information content (AvgIpc) is 2.39. The summed E-state index contributed by atoms with van der Waals surface area (Å²) in [5.41, 5.74) is 5.88. The van der Waals surface area contributed by atoms with Crippen LogP contribution in [0.3, 0.4) is 0 Å². The molecule has 1 saturated heterocycles. The first kappa shape index (κ1) is 15.2. The molecule has 112 valence electrons. The molecule has 2 rings (SSSR count). The molecule has 20 heavy (non-hydrogen) atoms. The summed E-state index contributed by atoms with van der Waals surface area (Å²) in [5.74, 6) is 0. The van der Waals surface area contributed by atoms with E-state index in [1.165, 1.54) is 24.3 Å². The van der Waals surface area contributed by atoms with Crippen molar-refractivity contribution in [3.8, 4) is 0 Å². The van der Waals surface area contributed by atoms with Gasteiger partial charge in [0.15, 0.2) is 0 Å². The average molecular weight is 319 g/mol. The lowest BCUT2D eigenvalue weighted by Gasteiger charge is -2.25. The van der Waals surface area contributed by atoms with Crippen LogP contribution in [0.1, 0.15) is 19.3 Å². The molecule has 1 aliphatic heterocycles. The molecule has 3 N–H and O–H groups in total. The molecule has 0 amide bonds. The first-order valence-electron chi connectivity index (χ1n) is 6.20. The summed E-state index contributed by atoms with van der Waals surface area (Å²) in [4.78, 5) is -0.132. The van der Waals surface area contributed by atoms with Crippen molar-refractivity contribution in [1.29, 1.82) is 0 Å². The predicted octanol–water partition coefficient (Wildman–Crippen LogP) is 0.278. The van der Waals surface area contributed by atoms with E-state index in [4.69, 9.17) is 5.73 Å². The zero-order valence-corrected chi connectivity index (χ0v) is 12.5. The highest BCUT2D eigenvalue weighted by atomic mass is 32.3. The SMILES string of the molecule is Nc1ccc(S(=O)(=O)NS(=O)(=O)N2CCCCC2)cc1. The van der Waals surface area contributed by atoms with Crippen LogP contribution in [-0.2, 0) is 20.2 Å². The number of nitrogens with zero attached hydrogens (tertiary/aromatic N) is 1. The van der Waals surface area contributed by atoms with Crippen LogP contribution in [0.4, 0.5) is 5.69 Å². The van der Waals surface area contributed by atoms with Crippen LogP contribution in [-0.4, -0.2) is 34.2 Å². The van der Waals surface area contributed by atoms with Crippen molar-refractivity contribution in [2.24, 2.45) is 0 Å². The first-order valence-corrected chi connectivity index (χ1v) is 9.13. The molecule has 1 aromatic carbocycles. The fourth-order valence-electron chi connectivity index (χ4n) is 1.99. The van der Waals surface area contributed by atoms with Gasteiger partial charge in [-0.3, -0.25) is 0 Å². The summed E-state index contributed by atoms with van der Waals surface area (Å²) in [6.45, 7) is 0.680. The molecule has 0 saturated carbocycles. The molecule has 0 radical (unpaired) electrons. The third-order valence-corrected chi connectivity index (χ3v) is 6.72. The highest BCUT2D eigenvalue weighted by Crippen LogP contribution is 2.16. The molecule has 1 aromatic rings. The van der Waals surface area contributed by atoms with Crippen LogP contribution in [0.25, 0.3) is 0 Å². The Balaban J connectivity index is 2.21. The lowest BCUT2D eigenvalue weighted by molar-refractivity contribution is 0.345. The van der Waals surface area contributed by atoms with E-state index in [9.17, 15) is 16.8 Å². The van der Waals surface area contributed by atoms with Gasteiger partial charge >= 0.3 is 0 Å². The second kappa shape index (κ2) is 5.68. The fraction of sp³-hybridized carbons (Fsp3) is 0.455. The summed E-state index contributed by atoms with van der Waals surface area (Å²) in [5, 5.41) is 0. The van der Waals surface area contributed by atoms with Gasteiger partial charge in [0.2, 0.25) is 0 Å². The number of hydrogen-bond donors (Lipinski definition) is 2. The topological polar surface area (TPSA) is 110 Å². The number of nitrogens with two attached hydrogens (primary N) is 1. The molecule has 1 heterocycles. The molecular weight excluding hydrogens is 302 g/mol. The highest BCUT2D eigenvalue weighted by molar-refractivity contribution is 8.03. The molecule has 0 unspecified atom stereocenters. The summed E-state index contributed by atoms with van der Waals surface area (Å²) in [6, 6.07) is 5.34. The van der Waals surface area contributed by atoms with Gasteiger partial charge in [-0.2, -0.15) is 12.7 Å². The number of anilines is 1. The van der Waals surface area contributed by atoms with Crippen LogP contribution in [0, 0.1) is 0 Å². The zero-order chi connectivity index (χ0) is 14.8. The van der Waals surface area contributed by atoms with Crippen LogP contribution >= 0.6 is 0 Å². The Morgan fingerprint density at radius 1 is 0.950 bits per heavy atom. The van der Waals surface area contributed by atoms with Crippen molar-refractivity contribution in [2.45, 2.75) is 24.2 Å². The van der Waals surface area contributed by atoms with E-state index in [1.54, 1.807) is 4.13 Å². The normalized spacial score (nSPS) is 18.0. The molecule has 9 heteroatoms. The number of nitrogen functional groups attached to an aromatic ring is 1. The minimum absolute atomic E-state index is 0.132. The summed E-state index contributed by atoms with van der Waals surface area (Å²) >= 11 is 0. The standard InChI is InChI=1S/C11H17N3O4S2/c12-10-4-6-11(7-5-10)19(15,16)13-20(17,18)14-8-2-1-3-9-14/h4-7,13H,1-3,8-9,12H2. The Kier molecular flexibility index (Phi) is 4.33. The maximum Gasteiger partial charge on any atom is 0.292 e. The molecule has 0 aliphatic carbocycles. The number of nitrogens with one attached hydrogen (secondary N) is 1. The summed E-state index contributed by atoms with van der Waals surface area (Å²) < 4.78 is 51.1. The minimum Gasteiger partial charge on any atom is -0.399 e. The maximum absolute atomic E-state index is 12.1. The number of hydrogen-bond acceptors (Lipinski definition) is 5. The molecular formula is C11H17N3O4S2. The predicted molar refractivity (Wildman–Crippen MR) is 75.5 cm³/mol. The zero-order valence-electron chi connectivity index (χ0n) is 10.8. The number of benzene rings is 1. The second-order valence-electron chi connectivity index (χ2n) is 4.62. The maximum atomic E-state index is 12.1. The van der Waals surface area contributed by atoms with Crippen molar-refractivity contribution >= 4 is 25.9 Å². The monoisotopic (exact) mass is 319 g/mol. The molecule has 1 fully saturated rings. The van der Waals surface area contributed by atoms with Gasteiger partial charge in [-0.25, -0.2) is 8.42 Å². The Morgan fingerprint density at radius 2 is 1.50 bits per heavy atom. The molecule has 7 nitrogen and oxygen atoms in total. The van der Waals surface area contributed by atoms with Gasteiger partial charge < -0.3 is 5.73 Å². The fourth-order valence-corrected chi connectivity index (χ4v) is 5.14. The number of piperidine rings is 1. The van der Waals surface area contributed by atoms with Gasteiger partial charge in [-0.1, -0.05) is 10.5 Å². The van der Waals surface area contributed by atoms with E-state index in [1.807, 2.05) is 0 Å². The summed E-state index contributed by atoms with van der Waals surface area (Å²) in [7, 11) is -8.15. The Morgan fingerprint density at radius 3 is 2.05 bits per heavy atom. The van der Waals surface area contributed by atoms with Gasteiger partial charge in [0.05, 0.1) is 4.90 Å². The van der Waals surface area contributed by atoms with E-state index < -0.39 is 20.2 Å². The van der Waals surface area contributed by atoms with Crippen molar-refractivity contribution in [1.82, 2.24) is 8.43 Å². The molecule has 0 aromatic heterocycles. The Bertz CT molecular complexity index is 662. The van der Waals surface area contributed by atoms with Crippen molar-refractivity contribution < 1.29 is 16.8 Å².